The first-order chi connectivity index (χ1) is 9.77. The van der Waals surface area contributed by atoms with Crippen molar-refractivity contribution >= 4 is 9.84 Å². The Morgan fingerprint density at radius 3 is 2.48 bits per heavy atom. The van der Waals surface area contributed by atoms with Crippen molar-refractivity contribution in [1.82, 2.24) is 5.32 Å². The first-order valence-electron chi connectivity index (χ1n) is 7.15. The van der Waals surface area contributed by atoms with Crippen molar-refractivity contribution in [2.45, 2.75) is 39.0 Å². The molecule has 0 saturated carbocycles. The third kappa shape index (κ3) is 5.28. The van der Waals surface area contributed by atoms with E-state index in [9.17, 15) is 12.8 Å². The van der Waals surface area contributed by atoms with Crippen molar-refractivity contribution < 1.29 is 17.5 Å². The number of sulfone groups is 1. The lowest BCUT2D eigenvalue weighted by Gasteiger charge is -2.15. The molecule has 0 fully saturated rings. The smallest absolute Gasteiger partial charge is 0.155 e. The van der Waals surface area contributed by atoms with Gasteiger partial charge in [-0.3, -0.25) is 0 Å². The van der Waals surface area contributed by atoms with E-state index in [1.54, 1.807) is 26.0 Å². The standard InChI is InChI=1S/C15H24FNO3S/c1-5-17-12(4)14-7-6-13(10-15(14)16)20-8-9-21(18,19)11(2)3/h6-7,10-12,17H,5,8-9H2,1-4H3. The van der Waals surface area contributed by atoms with Gasteiger partial charge >= 0.3 is 0 Å². The van der Waals surface area contributed by atoms with E-state index in [0.29, 0.717) is 11.3 Å². The van der Waals surface area contributed by atoms with Crippen LogP contribution >= 0.6 is 0 Å². The maximum Gasteiger partial charge on any atom is 0.155 e. The summed E-state index contributed by atoms with van der Waals surface area (Å²) in [5.74, 6) is -0.0754. The first-order valence-corrected chi connectivity index (χ1v) is 8.86. The highest BCUT2D eigenvalue weighted by Gasteiger charge is 2.16. The fourth-order valence-corrected chi connectivity index (χ4v) is 2.66. The Morgan fingerprint density at radius 1 is 1.29 bits per heavy atom. The molecule has 0 aliphatic rings. The Balaban J connectivity index is 2.64. The van der Waals surface area contributed by atoms with Crippen LogP contribution in [0.15, 0.2) is 18.2 Å². The predicted octanol–water partition coefficient (Wildman–Crippen LogP) is 2.70. The summed E-state index contributed by atoms with van der Waals surface area (Å²) in [6.45, 7) is 7.89. The molecule has 21 heavy (non-hydrogen) atoms. The van der Waals surface area contributed by atoms with Crippen LogP contribution in [0, 0.1) is 5.82 Å². The van der Waals surface area contributed by atoms with Gasteiger partial charge in [0.05, 0.1) is 11.0 Å². The summed E-state index contributed by atoms with van der Waals surface area (Å²) in [7, 11) is -3.14. The van der Waals surface area contributed by atoms with Gasteiger partial charge in [-0.15, -0.1) is 0 Å². The van der Waals surface area contributed by atoms with Crippen LogP contribution in [0.1, 0.15) is 39.3 Å². The number of hydrogen-bond donors (Lipinski definition) is 1. The van der Waals surface area contributed by atoms with E-state index in [4.69, 9.17) is 4.74 Å². The van der Waals surface area contributed by atoms with Crippen molar-refractivity contribution in [2.24, 2.45) is 0 Å². The van der Waals surface area contributed by atoms with Gasteiger partial charge in [0.25, 0.3) is 0 Å². The Kier molecular flexibility index (Phi) is 6.61. The van der Waals surface area contributed by atoms with Crippen molar-refractivity contribution in [2.75, 3.05) is 18.9 Å². The molecule has 0 aliphatic heterocycles. The molecule has 6 heteroatoms. The second kappa shape index (κ2) is 7.75. The molecule has 120 valence electrons. The van der Waals surface area contributed by atoms with Gasteiger partial charge in [-0.25, -0.2) is 12.8 Å². The highest BCUT2D eigenvalue weighted by atomic mass is 32.2. The van der Waals surface area contributed by atoms with E-state index < -0.39 is 15.1 Å². The second-order valence-corrected chi connectivity index (χ2v) is 7.90. The van der Waals surface area contributed by atoms with E-state index in [2.05, 4.69) is 5.32 Å². The molecule has 1 aromatic carbocycles. The van der Waals surface area contributed by atoms with Crippen LogP contribution in [-0.4, -0.2) is 32.6 Å². The quantitative estimate of drug-likeness (QED) is 0.801. The van der Waals surface area contributed by atoms with Crippen molar-refractivity contribution in [1.29, 1.82) is 0 Å². The zero-order valence-corrected chi connectivity index (χ0v) is 13.8. The zero-order chi connectivity index (χ0) is 16.0. The van der Waals surface area contributed by atoms with E-state index in [1.807, 2.05) is 13.8 Å². The fraction of sp³-hybridized carbons (Fsp3) is 0.600. The Bertz CT molecular complexity index is 558. The molecule has 1 N–H and O–H groups in total. The molecule has 1 unspecified atom stereocenters. The molecule has 1 rings (SSSR count). The predicted molar refractivity (Wildman–Crippen MR) is 82.9 cm³/mol. The minimum Gasteiger partial charge on any atom is -0.492 e. The van der Waals surface area contributed by atoms with Gasteiger partial charge < -0.3 is 10.1 Å². The number of ether oxygens (including phenoxy) is 1. The number of halogens is 1. The van der Waals surface area contributed by atoms with Gasteiger partial charge in [-0.2, -0.15) is 0 Å². The lowest BCUT2D eigenvalue weighted by molar-refractivity contribution is 0.338. The lowest BCUT2D eigenvalue weighted by atomic mass is 10.1. The van der Waals surface area contributed by atoms with E-state index in [-0.39, 0.29) is 24.2 Å². The summed E-state index contributed by atoms with van der Waals surface area (Å²) in [5.41, 5.74) is 0.569. The SMILES string of the molecule is CCNC(C)c1ccc(OCCS(=O)(=O)C(C)C)cc1F. The highest BCUT2D eigenvalue weighted by molar-refractivity contribution is 7.91. The molecule has 0 spiro atoms. The molecule has 0 heterocycles. The number of hydrogen-bond acceptors (Lipinski definition) is 4. The topological polar surface area (TPSA) is 55.4 Å². The number of benzene rings is 1. The minimum atomic E-state index is -3.14. The molecule has 1 atom stereocenters. The van der Waals surface area contributed by atoms with Crippen molar-refractivity contribution in [3.63, 3.8) is 0 Å². The molecular formula is C15H24FNO3S. The summed E-state index contributed by atoms with van der Waals surface area (Å²) >= 11 is 0. The molecule has 0 saturated heterocycles. The molecule has 0 aliphatic carbocycles. The normalized spacial score (nSPS) is 13.4. The van der Waals surface area contributed by atoms with Gasteiger partial charge in [0.2, 0.25) is 0 Å². The van der Waals surface area contributed by atoms with Gasteiger partial charge in [-0.05, 0) is 33.4 Å². The maximum atomic E-state index is 14.0. The molecule has 1 aromatic rings. The van der Waals surface area contributed by atoms with Gasteiger partial charge in [0, 0.05) is 17.7 Å². The van der Waals surface area contributed by atoms with E-state index in [0.717, 1.165) is 6.54 Å². The average molecular weight is 317 g/mol. The Morgan fingerprint density at radius 2 is 1.95 bits per heavy atom. The summed E-state index contributed by atoms with van der Waals surface area (Å²) in [6, 6.07) is 4.54. The van der Waals surface area contributed by atoms with E-state index in [1.165, 1.54) is 6.07 Å². The summed E-state index contributed by atoms with van der Waals surface area (Å²) in [6.07, 6.45) is 0. The summed E-state index contributed by atoms with van der Waals surface area (Å²) in [4.78, 5) is 0. The van der Waals surface area contributed by atoms with Crippen LogP contribution in [0.2, 0.25) is 0 Å². The largest absolute Gasteiger partial charge is 0.492 e. The van der Waals surface area contributed by atoms with Crippen molar-refractivity contribution in [3.05, 3.63) is 29.6 Å². The molecule has 0 aromatic heterocycles. The summed E-state index contributed by atoms with van der Waals surface area (Å²) < 4.78 is 42.6. The van der Waals surface area contributed by atoms with Crippen LogP contribution in [0.5, 0.6) is 5.75 Å². The second-order valence-electron chi connectivity index (χ2n) is 5.23. The van der Waals surface area contributed by atoms with Crippen molar-refractivity contribution in [3.8, 4) is 5.75 Å². The van der Waals surface area contributed by atoms with E-state index >= 15 is 0 Å². The zero-order valence-electron chi connectivity index (χ0n) is 13.0. The van der Waals surface area contributed by atoms with Gasteiger partial charge in [-0.1, -0.05) is 13.0 Å². The van der Waals surface area contributed by atoms with Gasteiger partial charge in [0.1, 0.15) is 18.2 Å². The Labute approximate surface area is 126 Å². The molecule has 0 amide bonds. The number of nitrogens with one attached hydrogen (secondary N) is 1. The van der Waals surface area contributed by atoms with Gasteiger partial charge in [0.15, 0.2) is 9.84 Å². The van der Waals surface area contributed by atoms with Crippen LogP contribution in [0.3, 0.4) is 0 Å². The molecule has 0 bridgehead atoms. The van der Waals surface area contributed by atoms with Crippen LogP contribution < -0.4 is 10.1 Å². The lowest BCUT2D eigenvalue weighted by Crippen LogP contribution is -2.22. The minimum absolute atomic E-state index is 0.0298. The number of rotatable bonds is 8. The highest BCUT2D eigenvalue weighted by Crippen LogP contribution is 2.22. The van der Waals surface area contributed by atoms with Crippen LogP contribution in [0.4, 0.5) is 4.39 Å². The average Bonchev–Trinajstić information content (AvgIpc) is 2.38. The first kappa shape index (κ1) is 17.9. The monoisotopic (exact) mass is 317 g/mol. The fourth-order valence-electron chi connectivity index (χ4n) is 1.88. The Hall–Kier alpha value is -1.14. The molecule has 0 radical (unpaired) electrons. The maximum absolute atomic E-state index is 14.0. The molecule has 4 nitrogen and oxygen atoms in total. The third-order valence-electron chi connectivity index (χ3n) is 3.30. The van der Waals surface area contributed by atoms with Crippen LogP contribution in [-0.2, 0) is 9.84 Å². The molecular weight excluding hydrogens is 293 g/mol. The van der Waals surface area contributed by atoms with Crippen LogP contribution in [0.25, 0.3) is 0 Å². The summed E-state index contributed by atoms with van der Waals surface area (Å²) in [5, 5.41) is 2.71. The third-order valence-corrected chi connectivity index (χ3v) is 5.48.